The SMILES string of the molecule is CCC(=O)N[C@H](C)c1ccnc(NC)c1. The summed E-state index contributed by atoms with van der Waals surface area (Å²) in [5.74, 6) is 0.871. The average molecular weight is 207 g/mol. The number of aromatic nitrogens is 1. The number of rotatable bonds is 4. The van der Waals surface area contributed by atoms with E-state index in [1.807, 2.05) is 33.0 Å². The van der Waals surface area contributed by atoms with Gasteiger partial charge in [-0.1, -0.05) is 6.92 Å². The molecule has 2 N–H and O–H groups in total. The molecule has 1 aromatic heterocycles. The molecule has 1 atom stereocenters. The maximum atomic E-state index is 11.2. The highest BCUT2D eigenvalue weighted by atomic mass is 16.1. The van der Waals surface area contributed by atoms with Crippen LogP contribution in [0.4, 0.5) is 5.82 Å². The largest absolute Gasteiger partial charge is 0.373 e. The Bertz CT molecular complexity index is 338. The summed E-state index contributed by atoms with van der Waals surface area (Å²) in [5, 5.41) is 5.87. The van der Waals surface area contributed by atoms with E-state index in [0.29, 0.717) is 6.42 Å². The first-order chi connectivity index (χ1) is 7.17. The second-order valence-electron chi connectivity index (χ2n) is 3.37. The van der Waals surface area contributed by atoms with E-state index in [1.54, 1.807) is 6.20 Å². The number of hydrogen-bond acceptors (Lipinski definition) is 3. The Labute approximate surface area is 90.1 Å². The van der Waals surface area contributed by atoms with Crippen molar-refractivity contribution in [3.05, 3.63) is 23.9 Å². The van der Waals surface area contributed by atoms with Gasteiger partial charge in [0.25, 0.3) is 0 Å². The Kier molecular flexibility index (Phi) is 4.09. The predicted octanol–water partition coefficient (Wildman–Crippen LogP) is 1.71. The van der Waals surface area contributed by atoms with Crippen molar-refractivity contribution in [1.82, 2.24) is 10.3 Å². The van der Waals surface area contributed by atoms with Gasteiger partial charge in [-0.15, -0.1) is 0 Å². The molecule has 82 valence electrons. The second-order valence-corrected chi connectivity index (χ2v) is 3.37. The van der Waals surface area contributed by atoms with Crippen molar-refractivity contribution in [2.75, 3.05) is 12.4 Å². The van der Waals surface area contributed by atoms with Gasteiger partial charge in [0.1, 0.15) is 5.82 Å². The van der Waals surface area contributed by atoms with Crippen LogP contribution in [0.1, 0.15) is 31.9 Å². The van der Waals surface area contributed by atoms with Crippen LogP contribution in [0, 0.1) is 0 Å². The smallest absolute Gasteiger partial charge is 0.220 e. The van der Waals surface area contributed by atoms with Crippen molar-refractivity contribution in [2.24, 2.45) is 0 Å². The normalized spacial score (nSPS) is 11.9. The zero-order valence-corrected chi connectivity index (χ0v) is 9.37. The summed E-state index contributed by atoms with van der Waals surface area (Å²) in [6, 6.07) is 3.86. The molecule has 1 heterocycles. The molecule has 0 spiro atoms. The zero-order valence-electron chi connectivity index (χ0n) is 9.37. The van der Waals surface area contributed by atoms with Crippen LogP contribution < -0.4 is 10.6 Å². The zero-order chi connectivity index (χ0) is 11.3. The van der Waals surface area contributed by atoms with Gasteiger partial charge >= 0.3 is 0 Å². The summed E-state index contributed by atoms with van der Waals surface area (Å²) in [5.41, 5.74) is 1.05. The summed E-state index contributed by atoms with van der Waals surface area (Å²) < 4.78 is 0. The number of hydrogen-bond donors (Lipinski definition) is 2. The molecule has 4 nitrogen and oxygen atoms in total. The quantitative estimate of drug-likeness (QED) is 0.790. The van der Waals surface area contributed by atoms with Gasteiger partial charge in [0.05, 0.1) is 6.04 Å². The first kappa shape index (κ1) is 11.5. The third-order valence-electron chi connectivity index (χ3n) is 2.24. The molecule has 0 saturated heterocycles. The van der Waals surface area contributed by atoms with E-state index in [4.69, 9.17) is 0 Å². The fourth-order valence-corrected chi connectivity index (χ4v) is 1.28. The molecule has 1 amide bonds. The predicted molar refractivity (Wildman–Crippen MR) is 60.6 cm³/mol. The van der Waals surface area contributed by atoms with E-state index in [1.165, 1.54) is 0 Å². The Hall–Kier alpha value is -1.58. The van der Waals surface area contributed by atoms with Crippen LogP contribution in [0.25, 0.3) is 0 Å². The minimum absolute atomic E-state index is 0.0209. The van der Waals surface area contributed by atoms with E-state index in [9.17, 15) is 4.79 Å². The van der Waals surface area contributed by atoms with Crippen LogP contribution >= 0.6 is 0 Å². The van der Waals surface area contributed by atoms with Crippen LogP contribution in [0.2, 0.25) is 0 Å². The van der Waals surface area contributed by atoms with Crippen LogP contribution in [-0.2, 0) is 4.79 Å². The summed E-state index contributed by atoms with van der Waals surface area (Å²) in [4.78, 5) is 15.3. The van der Waals surface area contributed by atoms with Gasteiger partial charge in [-0.25, -0.2) is 4.98 Å². The van der Waals surface area contributed by atoms with Crippen molar-refractivity contribution in [3.63, 3.8) is 0 Å². The molecule has 1 aromatic rings. The Morgan fingerprint density at radius 2 is 2.33 bits per heavy atom. The molecular formula is C11H17N3O. The molecule has 0 radical (unpaired) electrons. The van der Waals surface area contributed by atoms with Crippen LogP contribution in [0.15, 0.2) is 18.3 Å². The minimum atomic E-state index is 0.0209. The lowest BCUT2D eigenvalue weighted by Gasteiger charge is -2.14. The van der Waals surface area contributed by atoms with Crippen molar-refractivity contribution in [2.45, 2.75) is 26.3 Å². The first-order valence-corrected chi connectivity index (χ1v) is 5.10. The molecule has 0 aliphatic heterocycles. The molecule has 0 saturated carbocycles. The summed E-state index contributed by atoms with van der Waals surface area (Å²) in [7, 11) is 1.82. The number of carbonyl (C=O) groups is 1. The third kappa shape index (κ3) is 3.23. The van der Waals surface area contributed by atoms with Gasteiger partial charge in [0.15, 0.2) is 0 Å². The molecule has 0 unspecified atom stereocenters. The fraction of sp³-hybridized carbons (Fsp3) is 0.455. The highest BCUT2D eigenvalue weighted by Gasteiger charge is 2.08. The molecular weight excluding hydrogens is 190 g/mol. The van der Waals surface area contributed by atoms with Crippen LogP contribution in [0.3, 0.4) is 0 Å². The first-order valence-electron chi connectivity index (χ1n) is 5.10. The fourth-order valence-electron chi connectivity index (χ4n) is 1.28. The maximum absolute atomic E-state index is 11.2. The van der Waals surface area contributed by atoms with Gasteiger partial charge < -0.3 is 10.6 Å². The number of carbonyl (C=O) groups excluding carboxylic acids is 1. The Balaban J connectivity index is 2.72. The van der Waals surface area contributed by atoms with Gasteiger partial charge in [-0.3, -0.25) is 4.79 Å². The van der Waals surface area contributed by atoms with E-state index in [-0.39, 0.29) is 11.9 Å². The van der Waals surface area contributed by atoms with Gasteiger partial charge in [-0.2, -0.15) is 0 Å². The standard InChI is InChI=1S/C11H17N3O/c1-4-11(15)14-8(2)9-5-6-13-10(7-9)12-3/h5-8H,4H2,1-3H3,(H,12,13)(H,14,15)/t8-/m1/s1. The van der Waals surface area contributed by atoms with Crippen LogP contribution in [-0.4, -0.2) is 17.9 Å². The highest BCUT2D eigenvalue weighted by Crippen LogP contribution is 2.14. The maximum Gasteiger partial charge on any atom is 0.220 e. The lowest BCUT2D eigenvalue weighted by molar-refractivity contribution is -0.121. The number of amides is 1. The summed E-state index contributed by atoms with van der Waals surface area (Å²) in [6.07, 6.45) is 2.24. The van der Waals surface area contributed by atoms with E-state index >= 15 is 0 Å². The van der Waals surface area contributed by atoms with E-state index < -0.39 is 0 Å². The molecule has 0 aliphatic rings. The van der Waals surface area contributed by atoms with E-state index in [0.717, 1.165) is 11.4 Å². The topological polar surface area (TPSA) is 54.0 Å². The van der Waals surface area contributed by atoms with Gasteiger partial charge in [-0.05, 0) is 24.6 Å². The second kappa shape index (κ2) is 5.34. The van der Waals surface area contributed by atoms with E-state index in [2.05, 4.69) is 15.6 Å². The number of nitrogens with zero attached hydrogens (tertiary/aromatic N) is 1. The van der Waals surface area contributed by atoms with Crippen LogP contribution in [0.5, 0.6) is 0 Å². The monoisotopic (exact) mass is 207 g/mol. The molecule has 1 rings (SSSR count). The van der Waals surface area contributed by atoms with Crippen molar-refractivity contribution in [3.8, 4) is 0 Å². The number of nitrogens with one attached hydrogen (secondary N) is 2. The third-order valence-corrected chi connectivity index (χ3v) is 2.24. The number of pyridine rings is 1. The van der Waals surface area contributed by atoms with Gasteiger partial charge in [0.2, 0.25) is 5.91 Å². The van der Waals surface area contributed by atoms with Crippen molar-refractivity contribution < 1.29 is 4.79 Å². The Morgan fingerprint density at radius 1 is 1.60 bits per heavy atom. The van der Waals surface area contributed by atoms with Gasteiger partial charge in [0, 0.05) is 19.7 Å². The van der Waals surface area contributed by atoms with Crippen molar-refractivity contribution in [1.29, 1.82) is 0 Å². The molecule has 15 heavy (non-hydrogen) atoms. The molecule has 0 fully saturated rings. The molecule has 4 heteroatoms. The lowest BCUT2D eigenvalue weighted by Crippen LogP contribution is -2.25. The molecule has 0 aliphatic carbocycles. The lowest BCUT2D eigenvalue weighted by atomic mass is 10.1. The highest BCUT2D eigenvalue weighted by molar-refractivity contribution is 5.76. The number of anilines is 1. The minimum Gasteiger partial charge on any atom is -0.373 e. The molecule has 0 aromatic carbocycles. The van der Waals surface area contributed by atoms with Crippen molar-refractivity contribution >= 4 is 11.7 Å². The summed E-state index contributed by atoms with van der Waals surface area (Å²) >= 11 is 0. The average Bonchev–Trinajstić information content (AvgIpc) is 2.28. The summed E-state index contributed by atoms with van der Waals surface area (Å²) in [6.45, 7) is 3.80. The Morgan fingerprint density at radius 3 is 2.93 bits per heavy atom. The molecule has 0 bridgehead atoms.